The molecule has 0 saturated carbocycles. The molecule has 1 saturated heterocycles. The zero-order chi connectivity index (χ0) is 19.8. The number of rotatable bonds is 3. The van der Waals surface area contributed by atoms with Gasteiger partial charge in [0.25, 0.3) is 0 Å². The van der Waals surface area contributed by atoms with Crippen LogP contribution in [0.25, 0.3) is 0 Å². The first-order chi connectivity index (χ1) is 12.6. The van der Waals surface area contributed by atoms with Gasteiger partial charge in [-0.3, -0.25) is 9.78 Å². The summed E-state index contributed by atoms with van der Waals surface area (Å²) in [5.41, 5.74) is -3.86. The first-order valence-corrected chi connectivity index (χ1v) is 7.74. The predicted molar refractivity (Wildman–Crippen MR) is 85.6 cm³/mol. The smallest absolute Gasteiger partial charge is 0.437 e. The van der Waals surface area contributed by atoms with Gasteiger partial charge in [-0.05, 0) is 29.8 Å². The summed E-state index contributed by atoms with van der Waals surface area (Å²) in [6.45, 7) is 0. The average Bonchev–Trinajstić information content (AvgIpc) is 2.61. The molecular weight excluding hydrogens is 367 g/mol. The number of nitrogens with one attached hydrogen (secondary N) is 2. The maximum Gasteiger partial charge on any atom is 0.437 e. The van der Waals surface area contributed by atoms with Crippen molar-refractivity contribution < 1.29 is 33.0 Å². The second-order valence-corrected chi connectivity index (χ2v) is 6.02. The van der Waals surface area contributed by atoms with Crippen LogP contribution in [0.1, 0.15) is 22.0 Å². The number of phenolic OH excluding ortho intramolecular Hbond substituents is 1. The zero-order valence-electron chi connectivity index (χ0n) is 13.6. The lowest BCUT2D eigenvalue weighted by Crippen LogP contribution is -2.72. The largest absolute Gasteiger partial charge is 0.508 e. The normalized spacial score (nSPS) is 25.4. The average molecular weight is 381 g/mol. The lowest BCUT2D eigenvalue weighted by molar-refractivity contribution is -0.287. The van der Waals surface area contributed by atoms with E-state index in [1.165, 1.54) is 47.9 Å². The van der Waals surface area contributed by atoms with E-state index in [4.69, 9.17) is 0 Å². The van der Waals surface area contributed by atoms with Crippen LogP contribution in [0.4, 0.5) is 18.0 Å². The van der Waals surface area contributed by atoms with Crippen molar-refractivity contribution in [2.75, 3.05) is 0 Å². The molecule has 1 aromatic heterocycles. The van der Waals surface area contributed by atoms with Crippen molar-refractivity contribution in [2.24, 2.45) is 5.92 Å². The fourth-order valence-electron chi connectivity index (χ4n) is 2.99. The van der Waals surface area contributed by atoms with E-state index in [1.54, 1.807) is 0 Å². The predicted octanol–water partition coefficient (Wildman–Crippen LogP) is 1.89. The monoisotopic (exact) mass is 381 g/mol. The number of ketones is 1. The summed E-state index contributed by atoms with van der Waals surface area (Å²) in [6, 6.07) is 4.74. The molecule has 1 aromatic carbocycles. The summed E-state index contributed by atoms with van der Waals surface area (Å²) in [5, 5.41) is 23.4. The molecular formula is C17H14F3N3O4. The number of aromatic hydroxyl groups is 1. The summed E-state index contributed by atoms with van der Waals surface area (Å²) < 4.78 is 41.0. The highest BCUT2D eigenvalue weighted by atomic mass is 19.4. The van der Waals surface area contributed by atoms with Crippen molar-refractivity contribution in [1.82, 2.24) is 15.6 Å². The number of carbonyl (C=O) groups excluding carboxylic acids is 2. The van der Waals surface area contributed by atoms with Gasteiger partial charge in [0.2, 0.25) is 5.72 Å². The van der Waals surface area contributed by atoms with Gasteiger partial charge in [-0.15, -0.1) is 0 Å². The summed E-state index contributed by atoms with van der Waals surface area (Å²) in [7, 11) is 0. The number of alkyl halides is 3. The Labute approximate surface area is 150 Å². The second-order valence-electron chi connectivity index (χ2n) is 6.02. The third-order valence-corrected chi connectivity index (χ3v) is 4.29. The summed E-state index contributed by atoms with van der Waals surface area (Å²) in [4.78, 5) is 28.4. The number of benzene rings is 1. The van der Waals surface area contributed by atoms with Gasteiger partial charge in [0.05, 0.1) is 6.04 Å². The van der Waals surface area contributed by atoms with Crippen LogP contribution < -0.4 is 10.6 Å². The van der Waals surface area contributed by atoms with E-state index < -0.39 is 35.7 Å². The number of amides is 2. The van der Waals surface area contributed by atoms with Crippen LogP contribution in [0.2, 0.25) is 0 Å². The number of nitrogens with zero attached hydrogens (tertiary/aromatic N) is 1. The standard InChI is InChI=1S/C17H14F3N3O4/c18-17(19,20)16(27)12(14(25)10-2-1-7-21-8-10)13(22-15(26)23-16)9-3-5-11(24)6-4-9/h1-8,12-13,24,27H,(H2,22,23,26)/t12-,13+,16-/m0/s1. The number of aliphatic hydroxyl groups is 1. The first-order valence-electron chi connectivity index (χ1n) is 7.74. The summed E-state index contributed by atoms with van der Waals surface area (Å²) in [5.74, 6) is -3.35. The fourth-order valence-corrected chi connectivity index (χ4v) is 2.99. The molecule has 0 radical (unpaired) electrons. The highest BCUT2D eigenvalue weighted by Crippen LogP contribution is 2.44. The Bertz CT molecular complexity index is 858. The molecule has 2 aromatic rings. The number of phenols is 1. The molecule has 1 fully saturated rings. The lowest BCUT2D eigenvalue weighted by atomic mass is 9.77. The van der Waals surface area contributed by atoms with Crippen LogP contribution in [0.3, 0.4) is 0 Å². The third kappa shape index (κ3) is 3.31. The van der Waals surface area contributed by atoms with Crippen LogP contribution >= 0.6 is 0 Å². The van der Waals surface area contributed by atoms with Gasteiger partial charge >= 0.3 is 12.2 Å². The second kappa shape index (κ2) is 6.54. The van der Waals surface area contributed by atoms with Crippen LogP contribution in [0.15, 0.2) is 48.8 Å². The Morgan fingerprint density at radius 1 is 1.19 bits per heavy atom. The van der Waals surface area contributed by atoms with E-state index >= 15 is 0 Å². The van der Waals surface area contributed by atoms with Crippen molar-refractivity contribution in [3.8, 4) is 5.75 Å². The Hall–Kier alpha value is -3.14. The van der Waals surface area contributed by atoms with Gasteiger partial charge in [0.1, 0.15) is 11.7 Å². The third-order valence-electron chi connectivity index (χ3n) is 4.29. The van der Waals surface area contributed by atoms with Crippen molar-refractivity contribution in [3.05, 3.63) is 59.9 Å². The molecule has 3 rings (SSSR count). The number of Topliss-reactive ketones (excluding diaryl/α,β-unsaturated/α-hetero) is 1. The van der Waals surface area contributed by atoms with Gasteiger partial charge in [0.15, 0.2) is 5.78 Å². The number of hydrogen-bond donors (Lipinski definition) is 4. The maximum atomic E-state index is 13.7. The fraction of sp³-hybridized carbons (Fsp3) is 0.235. The molecule has 142 valence electrons. The van der Waals surface area contributed by atoms with Gasteiger partial charge in [-0.1, -0.05) is 12.1 Å². The Kier molecular flexibility index (Phi) is 4.52. The Morgan fingerprint density at radius 3 is 2.41 bits per heavy atom. The molecule has 0 aliphatic carbocycles. The molecule has 27 heavy (non-hydrogen) atoms. The van der Waals surface area contributed by atoms with Gasteiger partial charge in [-0.25, -0.2) is 4.79 Å². The van der Waals surface area contributed by atoms with E-state index in [0.29, 0.717) is 0 Å². The van der Waals surface area contributed by atoms with Crippen molar-refractivity contribution in [3.63, 3.8) is 0 Å². The topological polar surface area (TPSA) is 112 Å². The van der Waals surface area contributed by atoms with Crippen molar-refractivity contribution in [1.29, 1.82) is 0 Å². The molecule has 2 heterocycles. The van der Waals surface area contributed by atoms with E-state index in [9.17, 15) is 33.0 Å². The van der Waals surface area contributed by atoms with Crippen molar-refractivity contribution >= 4 is 11.8 Å². The quantitative estimate of drug-likeness (QED) is 0.607. The number of hydrogen-bond acceptors (Lipinski definition) is 5. The number of carbonyl (C=O) groups is 2. The summed E-state index contributed by atoms with van der Waals surface area (Å²) >= 11 is 0. The van der Waals surface area contributed by atoms with Gasteiger partial charge in [-0.2, -0.15) is 13.2 Å². The molecule has 1 aliphatic rings. The van der Waals surface area contributed by atoms with E-state index in [0.717, 1.165) is 6.20 Å². The zero-order valence-corrected chi connectivity index (χ0v) is 13.6. The maximum absolute atomic E-state index is 13.7. The minimum atomic E-state index is -5.33. The Balaban J connectivity index is 2.15. The summed E-state index contributed by atoms with van der Waals surface area (Å²) in [6.07, 6.45) is -2.92. The van der Waals surface area contributed by atoms with E-state index in [2.05, 4.69) is 10.3 Å². The first kappa shape index (κ1) is 18.6. The molecule has 3 atom stereocenters. The minimum absolute atomic E-state index is 0.104. The van der Waals surface area contributed by atoms with Crippen LogP contribution in [-0.4, -0.2) is 38.9 Å². The minimum Gasteiger partial charge on any atom is -0.508 e. The van der Waals surface area contributed by atoms with Gasteiger partial charge in [0, 0.05) is 18.0 Å². The molecule has 0 bridgehead atoms. The number of urea groups is 1. The molecule has 2 amide bonds. The van der Waals surface area contributed by atoms with Crippen LogP contribution in [-0.2, 0) is 0 Å². The molecule has 0 unspecified atom stereocenters. The lowest BCUT2D eigenvalue weighted by Gasteiger charge is -2.45. The molecule has 10 heteroatoms. The number of aromatic nitrogens is 1. The van der Waals surface area contributed by atoms with Crippen LogP contribution in [0, 0.1) is 5.92 Å². The van der Waals surface area contributed by atoms with E-state index in [1.807, 2.05) is 0 Å². The molecule has 4 N–H and O–H groups in total. The molecule has 0 spiro atoms. The van der Waals surface area contributed by atoms with Gasteiger partial charge < -0.3 is 20.8 Å². The Morgan fingerprint density at radius 2 is 1.85 bits per heavy atom. The number of halogens is 3. The highest BCUT2D eigenvalue weighted by Gasteiger charge is 2.66. The molecule has 7 nitrogen and oxygen atoms in total. The highest BCUT2D eigenvalue weighted by molar-refractivity contribution is 6.00. The SMILES string of the molecule is O=C1N[C@H](c2ccc(O)cc2)[C@@H](C(=O)c2cccnc2)[C@](O)(C(F)(F)F)N1. The van der Waals surface area contributed by atoms with Crippen molar-refractivity contribution in [2.45, 2.75) is 17.9 Å². The van der Waals surface area contributed by atoms with E-state index in [-0.39, 0.29) is 16.9 Å². The molecule has 1 aliphatic heterocycles. The number of pyridine rings is 1. The van der Waals surface area contributed by atoms with Crippen LogP contribution in [0.5, 0.6) is 5.75 Å².